The van der Waals surface area contributed by atoms with Gasteiger partial charge >= 0.3 is 12.1 Å². The van der Waals surface area contributed by atoms with Crippen LogP contribution < -0.4 is 5.32 Å². The van der Waals surface area contributed by atoms with Crippen molar-refractivity contribution < 1.29 is 19.4 Å². The molecule has 6 heteroatoms. The van der Waals surface area contributed by atoms with E-state index in [9.17, 15) is 14.7 Å². The predicted octanol–water partition coefficient (Wildman–Crippen LogP) is 4.32. The molecule has 2 N–H and O–H groups in total. The summed E-state index contributed by atoms with van der Waals surface area (Å²) >= 11 is 0. The third-order valence-electron chi connectivity index (χ3n) is 6.39. The minimum absolute atomic E-state index is 0.00573. The molecule has 1 aromatic heterocycles. The molecule has 5 rings (SSSR count). The van der Waals surface area contributed by atoms with Crippen LogP contribution in [0.4, 0.5) is 4.79 Å². The smallest absolute Gasteiger partial charge is 0.408 e. The number of rotatable bonds is 5. The minimum atomic E-state index is -1.31. The number of aliphatic carboxylic acids is 1. The van der Waals surface area contributed by atoms with Crippen LogP contribution in [-0.2, 0) is 9.53 Å². The van der Waals surface area contributed by atoms with Gasteiger partial charge in [-0.2, -0.15) is 0 Å². The summed E-state index contributed by atoms with van der Waals surface area (Å²) < 4.78 is 5.53. The lowest BCUT2D eigenvalue weighted by atomic mass is 9.67. The maximum atomic E-state index is 12.6. The number of benzene rings is 2. The van der Waals surface area contributed by atoms with Gasteiger partial charge in [0.25, 0.3) is 0 Å². The van der Waals surface area contributed by atoms with Crippen molar-refractivity contribution in [1.29, 1.82) is 0 Å². The van der Waals surface area contributed by atoms with Gasteiger partial charge in [0.1, 0.15) is 12.1 Å². The molecule has 0 saturated heterocycles. The Morgan fingerprint density at radius 3 is 2.16 bits per heavy atom. The molecule has 1 saturated carbocycles. The fourth-order valence-corrected chi connectivity index (χ4v) is 4.77. The Morgan fingerprint density at radius 2 is 1.58 bits per heavy atom. The highest BCUT2D eigenvalue weighted by Crippen LogP contribution is 2.46. The largest absolute Gasteiger partial charge is 0.480 e. The highest BCUT2D eigenvalue weighted by molar-refractivity contribution is 5.86. The van der Waals surface area contributed by atoms with Crippen LogP contribution in [0.1, 0.15) is 41.5 Å². The molecule has 0 unspecified atom stereocenters. The van der Waals surface area contributed by atoms with Crippen molar-refractivity contribution in [3.8, 4) is 11.1 Å². The van der Waals surface area contributed by atoms with Crippen molar-refractivity contribution in [3.05, 3.63) is 89.7 Å². The number of ether oxygens (including phenoxy) is 1. The van der Waals surface area contributed by atoms with E-state index in [1.165, 1.54) is 0 Å². The molecule has 2 aliphatic carbocycles. The number of hydrogen-bond acceptors (Lipinski definition) is 4. The maximum absolute atomic E-state index is 12.6. The van der Waals surface area contributed by atoms with E-state index in [4.69, 9.17) is 4.74 Å². The molecule has 156 valence electrons. The average molecular weight is 414 g/mol. The SMILES string of the molecule is O=C(NC1(C(=O)O)CC(c2ccccn2)C1)OCC1c2ccccc2-c2ccccc21. The van der Waals surface area contributed by atoms with E-state index >= 15 is 0 Å². The third-order valence-corrected chi connectivity index (χ3v) is 6.39. The van der Waals surface area contributed by atoms with E-state index < -0.39 is 17.6 Å². The molecule has 2 aliphatic rings. The number of fused-ring (bicyclic) bond motifs is 3. The van der Waals surface area contributed by atoms with E-state index in [-0.39, 0.29) is 18.4 Å². The molecule has 6 nitrogen and oxygen atoms in total. The normalized spacial score (nSPS) is 21.5. The topological polar surface area (TPSA) is 88.5 Å². The maximum Gasteiger partial charge on any atom is 0.408 e. The van der Waals surface area contributed by atoms with Crippen molar-refractivity contribution >= 4 is 12.1 Å². The van der Waals surface area contributed by atoms with Crippen LogP contribution >= 0.6 is 0 Å². The quantitative estimate of drug-likeness (QED) is 0.649. The molecule has 31 heavy (non-hydrogen) atoms. The van der Waals surface area contributed by atoms with Crippen LogP contribution in [0.15, 0.2) is 72.9 Å². The Labute approximate surface area is 179 Å². The third kappa shape index (κ3) is 3.34. The first-order chi connectivity index (χ1) is 15.1. The Hall–Kier alpha value is -3.67. The standard InChI is InChI=1S/C25H22N2O4/c28-23(29)25(13-16(14-25)22-11-5-6-12-26-22)27-24(30)31-15-21-19-9-3-1-7-17(19)18-8-2-4-10-20(18)21/h1-12,16,21H,13-15H2,(H,27,30)(H,28,29). The van der Waals surface area contributed by atoms with Gasteiger partial charge in [0.15, 0.2) is 0 Å². The zero-order chi connectivity index (χ0) is 21.4. The first-order valence-corrected chi connectivity index (χ1v) is 10.3. The van der Waals surface area contributed by atoms with Gasteiger partial charge in [-0.15, -0.1) is 0 Å². The molecule has 2 aromatic carbocycles. The lowest BCUT2D eigenvalue weighted by Crippen LogP contribution is -2.62. The van der Waals surface area contributed by atoms with Gasteiger partial charge in [-0.1, -0.05) is 54.6 Å². The number of carboxylic acid groups (broad SMARTS) is 1. The van der Waals surface area contributed by atoms with E-state index in [0.717, 1.165) is 27.9 Å². The molecule has 0 atom stereocenters. The van der Waals surface area contributed by atoms with Crippen molar-refractivity contribution in [2.75, 3.05) is 6.61 Å². The summed E-state index contributed by atoms with van der Waals surface area (Å²) in [7, 11) is 0. The van der Waals surface area contributed by atoms with Crippen molar-refractivity contribution in [2.24, 2.45) is 0 Å². The number of carbonyl (C=O) groups excluding carboxylic acids is 1. The van der Waals surface area contributed by atoms with Gasteiger partial charge in [0.05, 0.1) is 0 Å². The molecule has 1 fully saturated rings. The van der Waals surface area contributed by atoms with Crippen LogP contribution in [0.25, 0.3) is 11.1 Å². The molecule has 1 heterocycles. The van der Waals surface area contributed by atoms with Gasteiger partial charge in [-0.05, 0) is 47.2 Å². The number of pyridine rings is 1. The zero-order valence-corrected chi connectivity index (χ0v) is 16.8. The summed E-state index contributed by atoms with van der Waals surface area (Å²) in [5, 5.41) is 12.4. The summed E-state index contributed by atoms with van der Waals surface area (Å²) in [6.07, 6.45) is 1.58. The molecular weight excluding hydrogens is 392 g/mol. The summed E-state index contributed by atoms with van der Waals surface area (Å²) in [5.41, 5.74) is 4.04. The van der Waals surface area contributed by atoms with E-state index in [1.807, 2.05) is 54.6 Å². The number of hydrogen-bond donors (Lipinski definition) is 2. The fourth-order valence-electron chi connectivity index (χ4n) is 4.77. The van der Waals surface area contributed by atoms with Gasteiger partial charge in [0.2, 0.25) is 0 Å². The van der Waals surface area contributed by atoms with Crippen LogP contribution in [0.5, 0.6) is 0 Å². The molecule has 0 bridgehead atoms. The highest BCUT2D eigenvalue weighted by Gasteiger charge is 2.53. The number of nitrogens with one attached hydrogen (secondary N) is 1. The Balaban J connectivity index is 1.26. The second kappa shape index (κ2) is 7.54. The zero-order valence-electron chi connectivity index (χ0n) is 16.8. The minimum Gasteiger partial charge on any atom is -0.480 e. The fraction of sp³-hybridized carbons (Fsp3) is 0.240. The molecule has 0 radical (unpaired) electrons. The van der Waals surface area contributed by atoms with E-state index in [2.05, 4.69) is 22.4 Å². The monoisotopic (exact) mass is 414 g/mol. The lowest BCUT2D eigenvalue weighted by Gasteiger charge is -2.44. The molecule has 3 aromatic rings. The Morgan fingerprint density at radius 1 is 0.968 bits per heavy atom. The summed E-state index contributed by atoms with van der Waals surface area (Å²) in [6.45, 7) is 0.152. The predicted molar refractivity (Wildman–Crippen MR) is 115 cm³/mol. The number of carboxylic acids is 1. The number of carbonyl (C=O) groups is 2. The number of nitrogens with zero attached hydrogens (tertiary/aromatic N) is 1. The van der Waals surface area contributed by atoms with Crippen molar-refractivity contribution in [1.82, 2.24) is 10.3 Å². The van der Waals surface area contributed by atoms with Gasteiger partial charge in [0, 0.05) is 23.7 Å². The van der Waals surface area contributed by atoms with Crippen LogP contribution in [0, 0.1) is 0 Å². The van der Waals surface area contributed by atoms with Crippen molar-refractivity contribution in [2.45, 2.75) is 30.2 Å². The average Bonchev–Trinajstić information content (AvgIpc) is 3.09. The number of amides is 1. The van der Waals surface area contributed by atoms with Crippen LogP contribution in [0.3, 0.4) is 0 Å². The lowest BCUT2D eigenvalue weighted by molar-refractivity contribution is -0.149. The van der Waals surface area contributed by atoms with Gasteiger partial charge in [-0.25, -0.2) is 9.59 Å². The van der Waals surface area contributed by atoms with Gasteiger partial charge in [-0.3, -0.25) is 4.98 Å². The first kappa shape index (κ1) is 19.3. The molecule has 0 spiro atoms. The first-order valence-electron chi connectivity index (χ1n) is 10.3. The van der Waals surface area contributed by atoms with E-state index in [0.29, 0.717) is 12.8 Å². The van der Waals surface area contributed by atoms with Gasteiger partial charge < -0.3 is 15.2 Å². The van der Waals surface area contributed by atoms with E-state index in [1.54, 1.807) is 6.20 Å². The summed E-state index contributed by atoms with van der Waals surface area (Å²) in [5.74, 6) is -1.11. The second-order valence-corrected chi connectivity index (χ2v) is 8.20. The van der Waals surface area contributed by atoms with Crippen LogP contribution in [0.2, 0.25) is 0 Å². The Bertz CT molecular complexity index is 1090. The van der Waals surface area contributed by atoms with Crippen LogP contribution in [-0.4, -0.2) is 34.3 Å². The summed E-state index contributed by atoms with van der Waals surface area (Å²) in [4.78, 5) is 28.8. The molecule has 0 aliphatic heterocycles. The second-order valence-electron chi connectivity index (χ2n) is 8.20. The molecular formula is C25H22N2O4. The summed E-state index contributed by atoms with van der Waals surface area (Å²) in [6, 6.07) is 21.7. The molecule has 1 amide bonds. The number of alkyl carbamates (subject to hydrolysis) is 1. The number of aromatic nitrogens is 1. The Kier molecular flexibility index (Phi) is 4.70. The highest BCUT2D eigenvalue weighted by atomic mass is 16.5. The van der Waals surface area contributed by atoms with Crippen molar-refractivity contribution in [3.63, 3.8) is 0 Å².